The lowest BCUT2D eigenvalue weighted by molar-refractivity contribution is -0.459. The van der Waals surface area contributed by atoms with Crippen molar-refractivity contribution in [2.24, 2.45) is 0 Å². The van der Waals surface area contributed by atoms with Gasteiger partial charge in [-0.2, -0.15) is 74.6 Å². The van der Waals surface area contributed by atoms with Crippen molar-refractivity contribution in [2.45, 2.75) is 119 Å². The summed E-state index contributed by atoms with van der Waals surface area (Å²) >= 11 is 0. The summed E-state index contributed by atoms with van der Waals surface area (Å²) < 4.78 is 226. The molecule has 0 saturated carbocycles. The fourth-order valence-electron chi connectivity index (χ4n) is 3.39. The monoisotopic (exact) mass is 723 g/mol. The van der Waals surface area contributed by atoms with Crippen molar-refractivity contribution in [1.82, 2.24) is 5.32 Å². The van der Waals surface area contributed by atoms with Crippen molar-refractivity contribution in [3.8, 4) is 0 Å². The number of carbonyl (C=O) groups is 1. The maximum Gasteiger partial charge on any atom is 0.460 e. The molecule has 0 aromatic rings. The Morgan fingerprint density at radius 1 is 0.477 bits per heavy atom. The first-order chi connectivity index (χ1) is 19.7. The molecule has 0 rings (SSSR count). The van der Waals surface area contributed by atoms with Crippen molar-refractivity contribution in [1.29, 1.82) is 0 Å². The van der Waals surface area contributed by atoms with Gasteiger partial charge in [0.1, 0.15) is 0 Å². The van der Waals surface area contributed by atoms with E-state index < -0.39 is 60.1 Å². The van der Waals surface area contributed by atoms with E-state index in [0.717, 1.165) is 71.9 Å². The van der Waals surface area contributed by atoms with E-state index in [1.165, 1.54) is 12.8 Å². The predicted octanol–water partition coefficient (Wildman–Crippen LogP) is 10.4. The van der Waals surface area contributed by atoms with Crippen LogP contribution < -0.4 is 5.32 Å². The SMILES string of the molecule is CCCCCCCCCCCCSSCCNC(=O)C(F)(F)C(F)(F)C(F)(F)C(F)(F)C(F)(F)C(F)(F)C(F)(F)C(F)(F)F. The molecule has 0 bridgehead atoms. The average Bonchev–Trinajstić information content (AvgIpc) is 2.89. The van der Waals surface area contributed by atoms with Gasteiger partial charge in [0.05, 0.1) is 0 Å². The van der Waals surface area contributed by atoms with Crippen LogP contribution in [0, 0.1) is 0 Å². The number of unbranched alkanes of at least 4 members (excludes halogenated alkanes) is 9. The topological polar surface area (TPSA) is 29.1 Å². The molecular weight excluding hydrogens is 693 g/mol. The normalized spacial score (nSPS) is 14.7. The third kappa shape index (κ3) is 9.07. The third-order valence-corrected chi connectivity index (χ3v) is 8.64. The van der Waals surface area contributed by atoms with E-state index in [2.05, 4.69) is 6.92 Å². The van der Waals surface area contributed by atoms with E-state index in [4.69, 9.17) is 0 Å². The van der Waals surface area contributed by atoms with Gasteiger partial charge in [0.15, 0.2) is 0 Å². The van der Waals surface area contributed by atoms with E-state index in [9.17, 15) is 79.4 Å². The number of hydrogen-bond donors (Lipinski definition) is 1. The molecule has 0 aliphatic heterocycles. The summed E-state index contributed by atoms with van der Waals surface area (Å²) in [5.41, 5.74) is 0. The van der Waals surface area contributed by atoms with Crippen LogP contribution >= 0.6 is 21.6 Å². The van der Waals surface area contributed by atoms with E-state index in [1.807, 2.05) is 0 Å². The zero-order valence-electron chi connectivity index (χ0n) is 22.8. The van der Waals surface area contributed by atoms with Gasteiger partial charge in [-0.05, 0) is 6.42 Å². The van der Waals surface area contributed by atoms with Crippen LogP contribution in [0.15, 0.2) is 0 Å². The highest BCUT2D eigenvalue weighted by molar-refractivity contribution is 8.76. The van der Waals surface area contributed by atoms with Crippen LogP contribution in [0.1, 0.15) is 71.1 Å². The van der Waals surface area contributed by atoms with E-state index in [-0.39, 0.29) is 5.75 Å². The van der Waals surface area contributed by atoms with Gasteiger partial charge < -0.3 is 5.32 Å². The minimum atomic E-state index is -8.72. The Bertz CT molecular complexity index is 881. The molecule has 0 saturated heterocycles. The van der Waals surface area contributed by atoms with Crippen LogP contribution in [0.3, 0.4) is 0 Å². The Morgan fingerprint density at radius 2 is 0.818 bits per heavy atom. The van der Waals surface area contributed by atoms with Gasteiger partial charge in [0.2, 0.25) is 0 Å². The summed E-state index contributed by atoms with van der Waals surface area (Å²) in [6.07, 6.45) is 2.51. The Kier molecular flexibility index (Phi) is 15.8. The van der Waals surface area contributed by atoms with Crippen LogP contribution in [0.4, 0.5) is 74.6 Å². The molecule has 0 fully saturated rings. The highest BCUT2D eigenvalue weighted by atomic mass is 33.1. The maximum atomic E-state index is 13.9. The van der Waals surface area contributed by atoms with Crippen LogP contribution in [0.25, 0.3) is 0 Å². The fraction of sp³-hybridized carbons (Fsp3) is 0.957. The molecule has 1 N–H and O–H groups in total. The van der Waals surface area contributed by atoms with E-state index in [0.29, 0.717) is 12.2 Å². The molecule has 0 unspecified atom stereocenters. The molecule has 0 heterocycles. The summed E-state index contributed by atoms with van der Waals surface area (Å²) in [6, 6.07) is 0. The molecule has 0 radical (unpaired) electrons. The van der Waals surface area contributed by atoms with Gasteiger partial charge in [-0.3, -0.25) is 4.79 Å². The number of halogens is 17. The lowest BCUT2D eigenvalue weighted by atomic mass is 9.89. The summed E-state index contributed by atoms with van der Waals surface area (Å²) in [4.78, 5) is 11.4. The standard InChI is InChI=1S/C23H30F17NOS2/c1-2-3-4-5-6-7-8-9-10-11-13-43-44-14-12-41-15(42)16(24,25)17(26,27)18(28,29)19(30,31)20(32,33)21(34,35)22(36,37)23(38,39)40/h2-14H2,1H3,(H,41,42). The van der Waals surface area contributed by atoms with Crippen LogP contribution in [0.5, 0.6) is 0 Å². The maximum absolute atomic E-state index is 13.9. The van der Waals surface area contributed by atoms with E-state index >= 15 is 0 Å². The van der Waals surface area contributed by atoms with Crippen LogP contribution in [-0.2, 0) is 4.79 Å². The molecule has 0 atom stereocenters. The zero-order valence-corrected chi connectivity index (χ0v) is 24.5. The van der Waals surface area contributed by atoms with Gasteiger partial charge in [0.25, 0.3) is 5.91 Å². The van der Waals surface area contributed by atoms with Crippen molar-refractivity contribution in [3.63, 3.8) is 0 Å². The molecule has 0 aliphatic rings. The quantitative estimate of drug-likeness (QED) is 0.0685. The van der Waals surface area contributed by atoms with Crippen molar-refractivity contribution in [2.75, 3.05) is 18.1 Å². The Labute approximate surface area is 249 Å². The second kappa shape index (κ2) is 16.2. The van der Waals surface area contributed by atoms with Gasteiger partial charge >= 0.3 is 47.6 Å². The number of amides is 1. The second-order valence-corrected chi connectivity index (χ2v) is 12.3. The predicted molar refractivity (Wildman–Crippen MR) is 130 cm³/mol. The first kappa shape index (κ1) is 43.0. The lowest BCUT2D eigenvalue weighted by Crippen LogP contribution is -2.75. The average molecular weight is 724 g/mol. The number of carbonyl (C=O) groups excluding carboxylic acids is 1. The minimum Gasteiger partial charge on any atom is -0.350 e. The van der Waals surface area contributed by atoms with Crippen molar-refractivity contribution >= 4 is 27.5 Å². The summed E-state index contributed by atoms with van der Waals surface area (Å²) in [5, 5.41) is 0.923. The first-order valence-corrected chi connectivity index (χ1v) is 15.5. The summed E-state index contributed by atoms with van der Waals surface area (Å²) in [6.45, 7) is 1.09. The van der Waals surface area contributed by atoms with Crippen molar-refractivity contribution in [3.05, 3.63) is 0 Å². The molecule has 21 heteroatoms. The Hall–Kier alpha value is -1.02. The largest absolute Gasteiger partial charge is 0.460 e. The Morgan fingerprint density at radius 3 is 1.23 bits per heavy atom. The molecular formula is C23H30F17NOS2. The minimum absolute atomic E-state index is 0.362. The number of nitrogens with one attached hydrogen (secondary N) is 1. The molecule has 0 aromatic heterocycles. The number of rotatable bonds is 22. The molecule has 1 amide bonds. The molecule has 44 heavy (non-hydrogen) atoms. The van der Waals surface area contributed by atoms with Gasteiger partial charge in [-0.1, -0.05) is 86.3 Å². The molecule has 0 aromatic carbocycles. The second-order valence-electron chi connectivity index (χ2n) is 9.60. The van der Waals surface area contributed by atoms with Gasteiger partial charge in [-0.25, -0.2) is 0 Å². The fourth-order valence-corrected chi connectivity index (χ4v) is 5.44. The van der Waals surface area contributed by atoms with Crippen molar-refractivity contribution < 1.29 is 79.4 Å². The van der Waals surface area contributed by atoms with E-state index in [1.54, 1.807) is 0 Å². The molecule has 0 spiro atoms. The molecule has 264 valence electrons. The third-order valence-electron chi connectivity index (χ3n) is 6.14. The highest BCUT2D eigenvalue weighted by Gasteiger charge is 2.95. The molecule has 0 aliphatic carbocycles. The lowest BCUT2D eigenvalue weighted by Gasteiger charge is -2.42. The number of hydrogen-bond acceptors (Lipinski definition) is 3. The summed E-state index contributed by atoms with van der Waals surface area (Å²) in [5.74, 6) is -61.1. The Balaban J connectivity index is 5.11. The van der Waals surface area contributed by atoms with Gasteiger partial charge in [0, 0.05) is 18.1 Å². The van der Waals surface area contributed by atoms with Crippen LogP contribution in [-0.4, -0.2) is 71.6 Å². The highest BCUT2D eigenvalue weighted by Crippen LogP contribution is 2.63. The summed E-state index contributed by atoms with van der Waals surface area (Å²) in [7, 11) is 2.00. The zero-order chi connectivity index (χ0) is 34.9. The van der Waals surface area contributed by atoms with Crippen LogP contribution in [0.2, 0.25) is 0 Å². The number of alkyl halides is 17. The van der Waals surface area contributed by atoms with Gasteiger partial charge in [-0.15, -0.1) is 0 Å². The molecule has 2 nitrogen and oxygen atoms in total. The first-order valence-electron chi connectivity index (χ1n) is 13.0. The smallest absolute Gasteiger partial charge is 0.350 e.